The van der Waals surface area contributed by atoms with Gasteiger partial charge in [-0.3, -0.25) is 4.79 Å². The van der Waals surface area contributed by atoms with Crippen molar-refractivity contribution in [3.8, 4) is 0 Å². The molecule has 0 radical (unpaired) electrons. The quantitative estimate of drug-likeness (QED) is 0.673. The van der Waals surface area contributed by atoms with Crippen LogP contribution in [-0.2, 0) is 4.79 Å². The van der Waals surface area contributed by atoms with Gasteiger partial charge in [0.2, 0.25) is 5.91 Å². The van der Waals surface area contributed by atoms with E-state index in [1.54, 1.807) is 0 Å². The van der Waals surface area contributed by atoms with Crippen LogP contribution in [0.3, 0.4) is 0 Å². The molecule has 3 heteroatoms. The van der Waals surface area contributed by atoms with E-state index in [-0.39, 0.29) is 12.0 Å². The Morgan fingerprint density at radius 1 is 1.12 bits per heavy atom. The highest BCUT2D eigenvalue weighted by molar-refractivity contribution is 5.76. The zero-order valence-electron chi connectivity index (χ0n) is 11.1. The first-order chi connectivity index (χ1) is 8.22. The third-order valence-corrected chi connectivity index (χ3v) is 3.57. The van der Waals surface area contributed by atoms with Gasteiger partial charge in [-0.25, -0.2) is 0 Å². The highest BCUT2D eigenvalue weighted by Gasteiger charge is 2.20. The van der Waals surface area contributed by atoms with E-state index in [4.69, 9.17) is 0 Å². The maximum Gasteiger partial charge on any atom is 0.220 e. The van der Waals surface area contributed by atoms with E-state index in [2.05, 4.69) is 12.2 Å². The Bertz CT molecular complexity index is 210. The molecule has 0 aromatic heterocycles. The SMILES string of the molecule is CCCCCCCC(=O)NC1CCC(O)CC1. The summed E-state index contributed by atoms with van der Waals surface area (Å²) in [7, 11) is 0. The summed E-state index contributed by atoms with van der Waals surface area (Å²) in [6.07, 6.45) is 10.0. The first-order valence-electron chi connectivity index (χ1n) is 7.19. The average Bonchev–Trinajstić information content (AvgIpc) is 2.32. The van der Waals surface area contributed by atoms with Crippen LogP contribution in [0.4, 0.5) is 0 Å². The van der Waals surface area contributed by atoms with Crippen molar-refractivity contribution in [3.05, 3.63) is 0 Å². The van der Waals surface area contributed by atoms with Crippen LogP contribution in [0.5, 0.6) is 0 Å². The van der Waals surface area contributed by atoms with Crippen LogP contribution in [0.15, 0.2) is 0 Å². The van der Waals surface area contributed by atoms with Crippen LogP contribution in [0.2, 0.25) is 0 Å². The number of hydrogen-bond acceptors (Lipinski definition) is 2. The molecule has 17 heavy (non-hydrogen) atoms. The van der Waals surface area contributed by atoms with Gasteiger partial charge < -0.3 is 10.4 Å². The first kappa shape index (κ1) is 14.5. The van der Waals surface area contributed by atoms with Gasteiger partial charge in [0.25, 0.3) is 0 Å². The van der Waals surface area contributed by atoms with Gasteiger partial charge in [0.05, 0.1) is 6.10 Å². The Morgan fingerprint density at radius 3 is 2.41 bits per heavy atom. The van der Waals surface area contributed by atoms with Crippen LogP contribution in [0, 0.1) is 0 Å². The Hall–Kier alpha value is -0.570. The van der Waals surface area contributed by atoms with Gasteiger partial charge in [-0.15, -0.1) is 0 Å². The van der Waals surface area contributed by atoms with E-state index in [0.717, 1.165) is 32.1 Å². The van der Waals surface area contributed by atoms with Crippen LogP contribution in [-0.4, -0.2) is 23.2 Å². The zero-order valence-corrected chi connectivity index (χ0v) is 11.1. The van der Waals surface area contributed by atoms with Crippen LogP contribution >= 0.6 is 0 Å². The minimum atomic E-state index is -0.141. The van der Waals surface area contributed by atoms with Crippen LogP contribution in [0.1, 0.15) is 71.1 Å². The van der Waals surface area contributed by atoms with Crippen molar-refractivity contribution in [1.82, 2.24) is 5.32 Å². The number of aliphatic hydroxyl groups is 1. The molecule has 0 bridgehead atoms. The van der Waals surface area contributed by atoms with Gasteiger partial charge in [-0.1, -0.05) is 32.6 Å². The fourth-order valence-electron chi connectivity index (χ4n) is 2.41. The lowest BCUT2D eigenvalue weighted by atomic mass is 9.93. The summed E-state index contributed by atoms with van der Waals surface area (Å²) >= 11 is 0. The molecular formula is C14H27NO2. The van der Waals surface area contributed by atoms with Crippen LogP contribution in [0.25, 0.3) is 0 Å². The van der Waals surface area contributed by atoms with E-state index in [1.165, 1.54) is 25.7 Å². The molecule has 0 spiro atoms. The third-order valence-electron chi connectivity index (χ3n) is 3.57. The molecule has 0 aromatic rings. The number of carbonyl (C=O) groups excluding carboxylic acids is 1. The Labute approximate surface area is 105 Å². The van der Waals surface area contributed by atoms with Crippen molar-refractivity contribution < 1.29 is 9.90 Å². The topological polar surface area (TPSA) is 49.3 Å². The maximum atomic E-state index is 11.7. The van der Waals surface area contributed by atoms with Gasteiger partial charge in [0, 0.05) is 12.5 Å². The van der Waals surface area contributed by atoms with Crippen molar-refractivity contribution in [2.45, 2.75) is 83.3 Å². The van der Waals surface area contributed by atoms with Gasteiger partial charge >= 0.3 is 0 Å². The van der Waals surface area contributed by atoms with Crippen molar-refractivity contribution >= 4 is 5.91 Å². The van der Waals surface area contributed by atoms with Gasteiger partial charge in [0.15, 0.2) is 0 Å². The average molecular weight is 241 g/mol. The second-order valence-electron chi connectivity index (χ2n) is 5.24. The van der Waals surface area contributed by atoms with Crippen molar-refractivity contribution in [2.24, 2.45) is 0 Å². The fourth-order valence-corrected chi connectivity index (χ4v) is 2.41. The Balaban J connectivity index is 2.00. The summed E-state index contributed by atoms with van der Waals surface area (Å²) in [5.41, 5.74) is 0. The minimum Gasteiger partial charge on any atom is -0.393 e. The molecule has 1 fully saturated rings. The van der Waals surface area contributed by atoms with Gasteiger partial charge in [0.1, 0.15) is 0 Å². The second-order valence-corrected chi connectivity index (χ2v) is 5.24. The summed E-state index contributed by atoms with van der Waals surface area (Å²) in [5, 5.41) is 12.5. The molecule has 1 amide bonds. The third kappa shape index (κ3) is 6.67. The minimum absolute atomic E-state index is 0.141. The summed E-state index contributed by atoms with van der Waals surface area (Å²) in [6.45, 7) is 2.20. The molecule has 0 unspecified atom stereocenters. The van der Waals surface area contributed by atoms with E-state index >= 15 is 0 Å². The lowest BCUT2D eigenvalue weighted by Gasteiger charge is -2.26. The lowest BCUT2D eigenvalue weighted by molar-refractivity contribution is -0.122. The fraction of sp³-hybridized carbons (Fsp3) is 0.929. The number of aliphatic hydroxyl groups excluding tert-OH is 1. The molecule has 0 atom stereocenters. The zero-order chi connectivity index (χ0) is 12.5. The molecule has 0 heterocycles. The molecule has 100 valence electrons. The van der Waals surface area contributed by atoms with E-state index in [9.17, 15) is 9.90 Å². The summed E-state index contributed by atoms with van der Waals surface area (Å²) in [4.78, 5) is 11.7. The standard InChI is InChI=1S/C14H27NO2/c1-2-3-4-5-6-7-14(17)15-12-8-10-13(16)11-9-12/h12-13,16H,2-11H2,1H3,(H,15,17). The Kier molecular flexibility index (Phi) is 7.25. The highest BCUT2D eigenvalue weighted by atomic mass is 16.3. The molecule has 0 saturated heterocycles. The Morgan fingerprint density at radius 2 is 1.76 bits per heavy atom. The number of amides is 1. The molecule has 1 saturated carbocycles. The lowest BCUT2D eigenvalue weighted by Crippen LogP contribution is -2.38. The predicted molar refractivity (Wildman–Crippen MR) is 69.8 cm³/mol. The maximum absolute atomic E-state index is 11.7. The summed E-state index contributed by atoms with van der Waals surface area (Å²) in [6, 6.07) is 0.307. The number of rotatable bonds is 7. The molecule has 0 aromatic carbocycles. The number of unbranched alkanes of at least 4 members (excludes halogenated alkanes) is 4. The normalized spacial score (nSPS) is 24.6. The molecular weight excluding hydrogens is 214 g/mol. The van der Waals surface area contributed by atoms with Crippen molar-refractivity contribution in [1.29, 1.82) is 0 Å². The molecule has 3 nitrogen and oxygen atoms in total. The first-order valence-corrected chi connectivity index (χ1v) is 7.19. The smallest absolute Gasteiger partial charge is 0.220 e. The number of nitrogens with one attached hydrogen (secondary N) is 1. The van der Waals surface area contributed by atoms with Crippen molar-refractivity contribution in [3.63, 3.8) is 0 Å². The molecule has 1 aliphatic carbocycles. The molecule has 0 aliphatic heterocycles. The largest absolute Gasteiger partial charge is 0.393 e. The highest BCUT2D eigenvalue weighted by Crippen LogP contribution is 2.18. The van der Waals surface area contributed by atoms with Gasteiger partial charge in [-0.05, 0) is 32.1 Å². The monoisotopic (exact) mass is 241 g/mol. The molecule has 1 aliphatic rings. The van der Waals surface area contributed by atoms with E-state index in [1.807, 2.05) is 0 Å². The number of hydrogen-bond donors (Lipinski definition) is 2. The van der Waals surface area contributed by atoms with E-state index in [0.29, 0.717) is 12.5 Å². The number of carbonyl (C=O) groups is 1. The molecule has 1 rings (SSSR count). The summed E-state index contributed by atoms with van der Waals surface area (Å²) < 4.78 is 0. The van der Waals surface area contributed by atoms with Crippen molar-refractivity contribution in [2.75, 3.05) is 0 Å². The van der Waals surface area contributed by atoms with E-state index < -0.39 is 0 Å². The molecule has 2 N–H and O–H groups in total. The predicted octanol–water partition coefficient (Wildman–Crippen LogP) is 2.77. The summed E-state index contributed by atoms with van der Waals surface area (Å²) in [5.74, 6) is 0.197. The second kappa shape index (κ2) is 8.51. The van der Waals surface area contributed by atoms with Crippen LogP contribution < -0.4 is 5.32 Å². The van der Waals surface area contributed by atoms with Gasteiger partial charge in [-0.2, -0.15) is 0 Å².